The van der Waals surface area contributed by atoms with E-state index in [-0.39, 0.29) is 6.10 Å². The maximum absolute atomic E-state index is 10.1. The Kier molecular flexibility index (Phi) is 6.26. The smallest absolute Gasteiger partial charge is 0.0793 e. The third kappa shape index (κ3) is 5.58. The molecular weight excluding hydrogens is 244 g/mol. The molecule has 0 aromatic heterocycles. The third-order valence-corrected chi connectivity index (χ3v) is 3.55. The SMILES string of the molecule is CN(CC1=CCCOC1)CC(O)CN1CCOCC1. The van der Waals surface area contributed by atoms with Gasteiger partial charge in [0.2, 0.25) is 0 Å². The number of β-amino-alcohol motifs (C(OH)–C–C–N with tert-alkyl or cyclic N) is 1. The van der Waals surface area contributed by atoms with Crippen LogP contribution in [-0.2, 0) is 9.47 Å². The maximum Gasteiger partial charge on any atom is 0.0793 e. The Labute approximate surface area is 115 Å². The molecule has 2 aliphatic heterocycles. The van der Waals surface area contributed by atoms with Crippen LogP contribution in [0.5, 0.6) is 0 Å². The molecular formula is C14H26N2O3. The zero-order valence-corrected chi connectivity index (χ0v) is 11.9. The molecule has 2 rings (SSSR count). The van der Waals surface area contributed by atoms with Crippen molar-refractivity contribution in [1.82, 2.24) is 9.80 Å². The van der Waals surface area contributed by atoms with Gasteiger partial charge in [0, 0.05) is 32.7 Å². The Bertz CT molecular complexity index is 290. The van der Waals surface area contributed by atoms with Gasteiger partial charge in [0.05, 0.1) is 32.5 Å². The van der Waals surface area contributed by atoms with Gasteiger partial charge in [-0.05, 0) is 19.0 Å². The summed E-state index contributed by atoms with van der Waals surface area (Å²) in [5, 5.41) is 10.1. The molecule has 0 amide bonds. The molecule has 0 bridgehead atoms. The number of morpholine rings is 1. The van der Waals surface area contributed by atoms with E-state index in [1.807, 2.05) is 0 Å². The Morgan fingerprint density at radius 1 is 1.32 bits per heavy atom. The van der Waals surface area contributed by atoms with E-state index >= 15 is 0 Å². The molecule has 2 aliphatic rings. The Morgan fingerprint density at radius 3 is 2.79 bits per heavy atom. The summed E-state index contributed by atoms with van der Waals surface area (Å²) in [6.07, 6.45) is 2.97. The minimum atomic E-state index is -0.298. The first-order chi connectivity index (χ1) is 9.24. The van der Waals surface area contributed by atoms with Crippen LogP contribution < -0.4 is 0 Å². The maximum atomic E-state index is 10.1. The minimum Gasteiger partial charge on any atom is -0.390 e. The van der Waals surface area contributed by atoms with Crippen LogP contribution in [0.1, 0.15) is 6.42 Å². The van der Waals surface area contributed by atoms with E-state index < -0.39 is 0 Å². The van der Waals surface area contributed by atoms with Crippen molar-refractivity contribution in [3.63, 3.8) is 0 Å². The largest absolute Gasteiger partial charge is 0.390 e. The predicted molar refractivity (Wildman–Crippen MR) is 74.3 cm³/mol. The topological polar surface area (TPSA) is 45.2 Å². The van der Waals surface area contributed by atoms with Gasteiger partial charge in [-0.25, -0.2) is 0 Å². The van der Waals surface area contributed by atoms with Gasteiger partial charge in [-0.15, -0.1) is 0 Å². The highest BCUT2D eigenvalue weighted by Crippen LogP contribution is 2.07. The van der Waals surface area contributed by atoms with E-state index in [1.54, 1.807) is 0 Å². The number of aliphatic hydroxyl groups excluding tert-OH is 1. The lowest BCUT2D eigenvalue weighted by atomic mass is 10.2. The first-order valence-electron chi connectivity index (χ1n) is 7.16. The minimum absolute atomic E-state index is 0.298. The van der Waals surface area contributed by atoms with E-state index in [0.717, 1.165) is 59.0 Å². The van der Waals surface area contributed by atoms with Gasteiger partial charge in [0.1, 0.15) is 0 Å². The van der Waals surface area contributed by atoms with Gasteiger partial charge < -0.3 is 14.6 Å². The first-order valence-corrected chi connectivity index (χ1v) is 7.16. The molecule has 110 valence electrons. The van der Waals surface area contributed by atoms with Crippen molar-refractivity contribution in [2.75, 3.05) is 66.2 Å². The molecule has 0 aromatic rings. The average Bonchev–Trinajstić information content (AvgIpc) is 2.40. The number of hydrogen-bond acceptors (Lipinski definition) is 5. The molecule has 0 radical (unpaired) electrons. The van der Waals surface area contributed by atoms with Crippen molar-refractivity contribution in [1.29, 1.82) is 0 Å². The summed E-state index contributed by atoms with van der Waals surface area (Å²) in [7, 11) is 2.05. The summed E-state index contributed by atoms with van der Waals surface area (Å²) in [6.45, 7) is 7.34. The Balaban J connectivity index is 1.65. The van der Waals surface area contributed by atoms with E-state index in [1.165, 1.54) is 5.57 Å². The van der Waals surface area contributed by atoms with Crippen molar-refractivity contribution in [3.05, 3.63) is 11.6 Å². The number of hydrogen-bond donors (Lipinski definition) is 1. The van der Waals surface area contributed by atoms with Gasteiger partial charge in [-0.2, -0.15) is 0 Å². The molecule has 0 saturated carbocycles. The highest BCUT2D eigenvalue weighted by molar-refractivity contribution is 5.06. The van der Waals surface area contributed by atoms with Crippen molar-refractivity contribution < 1.29 is 14.6 Å². The van der Waals surface area contributed by atoms with Crippen LogP contribution in [0.2, 0.25) is 0 Å². The molecule has 1 fully saturated rings. The van der Waals surface area contributed by atoms with Crippen LogP contribution in [0.25, 0.3) is 0 Å². The van der Waals surface area contributed by atoms with Gasteiger partial charge >= 0.3 is 0 Å². The normalized spacial score (nSPS) is 23.4. The van der Waals surface area contributed by atoms with Crippen molar-refractivity contribution in [2.45, 2.75) is 12.5 Å². The molecule has 0 spiro atoms. The number of nitrogens with zero attached hydrogens (tertiary/aromatic N) is 2. The molecule has 0 aromatic carbocycles. The second-order valence-corrected chi connectivity index (χ2v) is 5.47. The van der Waals surface area contributed by atoms with E-state index in [9.17, 15) is 5.11 Å². The lowest BCUT2D eigenvalue weighted by Crippen LogP contribution is -2.44. The summed E-state index contributed by atoms with van der Waals surface area (Å²) in [5.41, 5.74) is 1.33. The van der Waals surface area contributed by atoms with Gasteiger partial charge in [0.15, 0.2) is 0 Å². The fraction of sp³-hybridized carbons (Fsp3) is 0.857. The molecule has 1 atom stereocenters. The molecule has 1 unspecified atom stereocenters. The quantitative estimate of drug-likeness (QED) is 0.686. The van der Waals surface area contributed by atoms with Gasteiger partial charge in [-0.1, -0.05) is 6.08 Å². The first kappa shape index (κ1) is 14.9. The number of ether oxygens (including phenoxy) is 2. The number of aliphatic hydroxyl groups is 1. The summed E-state index contributed by atoms with van der Waals surface area (Å²) in [5.74, 6) is 0. The summed E-state index contributed by atoms with van der Waals surface area (Å²) < 4.78 is 10.7. The van der Waals surface area contributed by atoms with Gasteiger partial charge in [0.25, 0.3) is 0 Å². The zero-order valence-electron chi connectivity index (χ0n) is 11.9. The van der Waals surface area contributed by atoms with Crippen molar-refractivity contribution >= 4 is 0 Å². The lowest BCUT2D eigenvalue weighted by Gasteiger charge is -2.30. The van der Waals surface area contributed by atoms with Crippen molar-refractivity contribution in [3.8, 4) is 0 Å². The van der Waals surface area contributed by atoms with E-state index in [2.05, 4.69) is 22.9 Å². The fourth-order valence-corrected chi connectivity index (χ4v) is 2.63. The molecule has 2 heterocycles. The lowest BCUT2D eigenvalue weighted by molar-refractivity contribution is 0.00895. The molecule has 5 heteroatoms. The number of rotatable bonds is 6. The second kappa shape index (κ2) is 7.97. The monoisotopic (exact) mass is 270 g/mol. The molecule has 0 aliphatic carbocycles. The highest BCUT2D eigenvalue weighted by atomic mass is 16.5. The van der Waals surface area contributed by atoms with Crippen LogP contribution in [0, 0.1) is 0 Å². The third-order valence-electron chi connectivity index (χ3n) is 3.55. The van der Waals surface area contributed by atoms with Crippen LogP contribution in [0.15, 0.2) is 11.6 Å². The second-order valence-electron chi connectivity index (χ2n) is 5.47. The fourth-order valence-electron chi connectivity index (χ4n) is 2.63. The Morgan fingerprint density at radius 2 is 2.11 bits per heavy atom. The summed E-state index contributed by atoms with van der Waals surface area (Å²) in [4.78, 5) is 4.44. The molecule has 1 saturated heterocycles. The predicted octanol–water partition coefficient (Wildman–Crippen LogP) is -0.0420. The van der Waals surface area contributed by atoms with E-state index in [4.69, 9.17) is 9.47 Å². The van der Waals surface area contributed by atoms with Crippen molar-refractivity contribution in [2.24, 2.45) is 0 Å². The number of likely N-dealkylation sites (N-methyl/N-ethyl adjacent to an activating group) is 1. The van der Waals surface area contributed by atoms with Crippen LogP contribution in [0.4, 0.5) is 0 Å². The average molecular weight is 270 g/mol. The zero-order chi connectivity index (χ0) is 13.5. The van der Waals surface area contributed by atoms with Crippen LogP contribution >= 0.6 is 0 Å². The molecule has 1 N–H and O–H groups in total. The highest BCUT2D eigenvalue weighted by Gasteiger charge is 2.16. The van der Waals surface area contributed by atoms with Gasteiger partial charge in [-0.3, -0.25) is 9.80 Å². The Hall–Kier alpha value is -0.460. The summed E-state index contributed by atoms with van der Waals surface area (Å²) in [6, 6.07) is 0. The standard InChI is InChI=1S/C14H26N2O3/c1-15(9-13-3-2-6-19-12-13)10-14(17)11-16-4-7-18-8-5-16/h3,14,17H,2,4-12H2,1H3. The van der Waals surface area contributed by atoms with Crippen LogP contribution in [-0.4, -0.2) is 87.2 Å². The van der Waals surface area contributed by atoms with Crippen LogP contribution in [0.3, 0.4) is 0 Å². The summed E-state index contributed by atoms with van der Waals surface area (Å²) >= 11 is 0. The van der Waals surface area contributed by atoms with E-state index in [0.29, 0.717) is 6.54 Å². The molecule has 5 nitrogen and oxygen atoms in total. The molecule has 19 heavy (non-hydrogen) atoms.